The number of imidazole rings is 1. The van der Waals surface area contributed by atoms with Crippen LogP contribution in [0.15, 0.2) is 85.1 Å². The summed E-state index contributed by atoms with van der Waals surface area (Å²) in [4.78, 5) is 20.9. The number of benzene rings is 3. The SMILES string of the molecule is CC(C)C(c1nc(-c2cccc(Cl)c2)cn1Cc1ccccc1)N(CCCN)C(=O)c1ccc(Cl)cc1. The molecule has 0 radical (unpaired) electrons. The minimum Gasteiger partial charge on any atom is -0.330 e. The topological polar surface area (TPSA) is 64.2 Å². The number of hydrogen-bond acceptors (Lipinski definition) is 3. The van der Waals surface area contributed by atoms with Gasteiger partial charge in [0.25, 0.3) is 5.91 Å². The van der Waals surface area contributed by atoms with E-state index in [1.807, 2.05) is 47.4 Å². The second kappa shape index (κ2) is 12.4. The van der Waals surface area contributed by atoms with Crippen LogP contribution >= 0.6 is 23.2 Å². The van der Waals surface area contributed by atoms with Crippen molar-refractivity contribution in [1.29, 1.82) is 0 Å². The van der Waals surface area contributed by atoms with Crippen LogP contribution in [0.2, 0.25) is 10.0 Å². The van der Waals surface area contributed by atoms with Crippen molar-refractivity contribution >= 4 is 29.1 Å². The van der Waals surface area contributed by atoms with Crippen molar-refractivity contribution in [2.75, 3.05) is 13.1 Å². The van der Waals surface area contributed by atoms with E-state index < -0.39 is 0 Å². The maximum Gasteiger partial charge on any atom is 0.254 e. The number of halogens is 2. The fraction of sp³-hybridized carbons (Fsp3) is 0.267. The summed E-state index contributed by atoms with van der Waals surface area (Å²) < 4.78 is 2.15. The average Bonchev–Trinajstić information content (AvgIpc) is 3.30. The predicted octanol–water partition coefficient (Wildman–Crippen LogP) is 7.09. The first-order chi connectivity index (χ1) is 17.9. The maximum absolute atomic E-state index is 13.9. The van der Waals surface area contributed by atoms with E-state index in [0.29, 0.717) is 41.7 Å². The van der Waals surface area contributed by atoms with Crippen LogP contribution in [-0.4, -0.2) is 33.4 Å². The van der Waals surface area contributed by atoms with E-state index in [1.54, 1.807) is 24.3 Å². The Balaban J connectivity index is 1.82. The molecule has 0 bridgehead atoms. The molecule has 0 saturated heterocycles. The molecule has 1 heterocycles. The zero-order valence-electron chi connectivity index (χ0n) is 21.1. The van der Waals surface area contributed by atoms with Crippen molar-refractivity contribution in [1.82, 2.24) is 14.5 Å². The van der Waals surface area contributed by atoms with Crippen molar-refractivity contribution in [3.8, 4) is 11.3 Å². The molecule has 0 spiro atoms. The lowest BCUT2D eigenvalue weighted by molar-refractivity contribution is 0.0604. The van der Waals surface area contributed by atoms with Gasteiger partial charge in [-0.25, -0.2) is 4.98 Å². The van der Waals surface area contributed by atoms with Crippen molar-refractivity contribution in [2.45, 2.75) is 32.9 Å². The van der Waals surface area contributed by atoms with Crippen LogP contribution in [0.1, 0.15) is 48.1 Å². The largest absolute Gasteiger partial charge is 0.330 e. The minimum atomic E-state index is -0.272. The minimum absolute atomic E-state index is 0.0672. The molecule has 192 valence electrons. The Morgan fingerprint density at radius 1 is 0.973 bits per heavy atom. The fourth-order valence-electron chi connectivity index (χ4n) is 4.54. The summed E-state index contributed by atoms with van der Waals surface area (Å²) >= 11 is 12.4. The van der Waals surface area contributed by atoms with Crippen LogP contribution < -0.4 is 5.73 Å². The van der Waals surface area contributed by atoms with Crippen LogP contribution in [-0.2, 0) is 6.54 Å². The third-order valence-corrected chi connectivity index (χ3v) is 6.80. The first kappa shape index (κ1) is 26.9. The predicted molar refractivity (Wildman–Crippen MR) is 152 cm³/mol. The number of rotatable bonds is 10. The van der Waals surface area contributed by atoms with Crippen molar-refractivity contribution in [3.63, 3.8) is 0 Å². The molecule has 0 aliphatic rings. The molecule has 4 rings (SSSR count). The van der Waals surface area contributed by atoms with E-state index in [9.17, 15) is 4.79 Å². The van der Waals surface area contributed by atoms with E-state index in [4.69, 9.17) is 33.9 Å². The second-order valence-electron chi connectivity index (χ2n) is 9.44. The van der Waals surface area contributed by atoms with E-state index in [0.717, 1.165) is 22.6 Å². The molecule has 3 aromatic carbocycles. The maximum atomic E-state index is 13.9. The van der Waals surface area contributed by atoms with Gasteiger partial charge in [0.05, 0.1) is 11.7 Å². The van der Waals surface area contributed by atoms with Crippen molar-refractivity contribution in [2.24, 2.45) is 11.7 Å². The van der Waals surface area contributed by atoms with Gasteiger partial charge in [-0.2, -0.15) is 0 Å². The van der Waals surface area contributed by atoms with Crippen LogP contribution in [0, 0.1) is 5.92 Å². The molecule has 0 aliphatic carbocycles. The normalized spacial score (nSPS) is 12.1. The van der Waals surface area contributed by atoms with Crippen molar-refractivity contribution < 1.29 is 4.79 Å². The smallest absolute Gasteiger partial charge is 0.254 e. The molecule has 1 amide bonds. The molecule has 0 aliphatic heterocycles. The number of amides is 1. The number of aromatic nitrogens is 2. The highest BCUT2D eigenvalue weighted by Gasteiger charge is 2.32. The van der Waals surface area contributed by atoms with Crippen LogP contribution in [0.5, 0.6) is 0 Å². The Kier molecular flexibility index (Phi) is 9.04. The number of hydrogen-bond donors (Lipinski definition) is 1. The molecule has 0 fully saturated rings. The third kappa shape index (κ3) is 6.61. The summed E-state index contributed by atoms with van der Waals surface area (Å²) in [5, 5.41) is 1.24. The van der Waals surface area contributed by atoms with Crippen LogP contribution in [0.3, 0.4) is 0 Å². The molecule has 1 atom stereocenters. The van der Waals surface area contributed by atoms with Gasteiger partial charge in [0.2, 0.25) is 0 Å². The Labute approximate surface area is 228 Å². The second-order valence-corrected chi connectivity index (χ2v) is 10.3. The molecule has 2 N–H and O–H groups in total. The molecule has 37 heavy (non-hydrogen) atoms. The van der Waals surface area contributed by atoms with Gasteiger partial charge in [-0.1, -0.05) is 79.5 Å². The highest BCUT2D eigenvalue weighted by atomic mass is 35.5. The molecular formula is C30H32Cl2N4O. The Bertz CT molecular complexity index is 1320. The Morgan fingerprint density at radius 3 is 2.35 bits per heavy atom. The van der Waals surface area contributed by atoms with Gasteiger partial charge in [0, 0.05) is 40.5 Å². The molecule has 4 aromatic rings. The summed E-state index contributed by atoms with van der Waals surface area (Å²) in [7, 11) is 0. The highest BCUT2D eigenvalue weighted by Crippen LogP contribution is 2.33. The summed E-state index contributed by atoms with van der Waals surface area (Å²) in [5.41, 5.74) is 9.37. The lowest BCUT2D eigenvalue weighted by Gasteiger charge is -2.34. The highest BCUT2D eigenvalue weighted by molar-refractivity contribution is 6.31. The molecule has 7 heteroatoms. The zero-order chi connectivity index (χ0) is 26.4. The summed E-state index contributed by atoms with van der Waals surface area (Å²) in [5.74, 6) is 0.855. The van der Waals surface area contributed by atoms with E-state index in [-0.39, 0.29) is 17.9 Å². The van der Waals surface area contributed by atoms with E-state index in [2.05, 4.69) is 36.7 Å². The Morgan fingerprint density at radius 2 is 1.70 bits per heavy atom. The van der Waals surface area contributed by atoms with Gasteiger partial charge in [0.15, 0.2) is 0 Å². The average molecular weight is 536 g/mol. The quantitative estimate of drug-likeness (QED) is 0.236. The van der Waals surface area contributed by atoms with Gasteiger partial charge in [0.1, 0.15) is 5.82 Å². The molecule has 1 unspecified atom stereocenters. The first-order valence-electron chi connectivity index (χ1n) is 12.5. The van der Waals surface area contributed by atoms with Gasteiger partial charge in [-0.05, 0) is 60.8 Å². The summed E-state index contributed by atoms with van der Waals surface area (Å²) in [6.45, 7) is 5.88. The lowest BCUT2D eigenvalue weighted by Crippen LogP contribution is -2.40. The van der Waals surface area contributed by atoms with Gasteiger partial charge in [-0.3, -0.25) is 4.79 Å². The van der Waals surface area contributed by atoms with Crippen molar-refractivity contribution in [3.05, 3.63) is 112 Å². The molecule has 1 aromatic heterocycles. The van der Waals surface area contributed by atoms with Gasteiger partial charge < -0.3 is 15.2 Å². The number of carbonyl (C=O) groups is 1. The molecular weight excluding hydrogens is 503 g/mol. The Hall–Kier alpha value is -3.12. The fourth-order valence-corrected chi connectivity index (χ4v) is 4.86. The van der Waals surface area contributed by atoms with Crippen LogP contribution in [0.25, 0.3) is 11.3 Å². The van der Waals surface area contributed by atoms with Gasteiger partial charge >= 0.3 is 0 Å². The third-order valence-electron chi connectivity index (χ3n) is 6.31. The first-order valence-corrected chi connectivity index (χ1v) is 13.3. The van der Waals surface area contributed by atoms with Crippen LogP contribution in [0.4, 0.5) is 0 Å². The summed E-state index contributed by atoms with van der Waals surface area (Å²) in [6, 6.07) is 24.7. The monoisotopic (exact) mass is 534 g/mol. The molecule has 0 saturated carbocycles. The summed E-state index contributed by atoms with van der Waals surface area (Å²) in [6.07, 6.45) is 2.74. The van der Waals surface area contributed by atoms with Gasteiger partial charge in [-0.15, -0.1) is 0 Å². The number of carbonyl (C=O) groups excluding carboxylic acids is 1. The molecule has 5 nitrogen and oxygen atoms in total. The standard InChI is InChI=1S/C30H32Cl2N4O/c1-21(2)28(36(17-7-16-33)30(37)23-12-14-25(31)15-13-23)29-34-27(24-10-6-11-26(32)18-24)20-35(29)19-22-8-4-3-5-9-22/h3-6,8-15,18,20-21,28H,7,16-17,19,33H2,1-2H3. The van der Waals surface area contributed by atoms with E-state index >= 15 is 0 Å². The number of nitrogens with zero attached hydrogens (tertiary/aromatic N) is 3. The lowest BCUT2D eigenvalue weighted by atomic mass is 9.99. The van der Waals surface area contributed by atoms with E-state index in [1.165, 1.54) is 0 Å². The zero-order valence-corrected chi connectivity index (χ0v) is 22.7. The number of nitrogens with two attached hydrogens (primary N) is 1.